The summed E-state index contributed by atoms with van der Waals surface area (Å²) < 4.78 is 10.9. The van der Waals surface area contributed by atoms with Crippen molar-refractivity contribution in [1.82, 2.24) is 0 Å². The van der Waals surface area contributed by atoms with Crippen LogP contribution in [0.4, 0.5) is 5.69 Å². The van der Waals surface area contributed by atoms with E-state index in [1.807, 2.05) is 30.3 Å². The molecule has 0 saturated carbocycles. The summed E-state index contributed by atoms with van der Waals surface area (Å²) >= 11 is 0. The third kappa shape index (κ3) is 5.00. The Morgan fingerprint density at radius 2 is 1.79 bits per heavy atom. The Morgan fingerprint density at radius 3 is 2.38 bits per heavy atom. The van der Waals surface area contributed by atoms with Gasteiger partial charge >= 0.3 is 0 Å². The lowest BCUT2D eigenvalue weighted by atomic mass is 9.95. The average Bonchev–Trinajstić information content (AvgIpc) is 2.77. The van der Waals surface area contributed by atoms with E-state index >= 15 is 0 Å². The topological polar surface area (TPSA) is 47.6 Å². The van der Waals surface area contributed by atoms with Gasteiger partial charge in [-0.25, -0.2) is 0 Å². The van der Waals surface area contributed by atoms with Gasteiger partial charge in [0.05, 0.1) is 14.2 Å². The molecule has 1 aliphatic rings. The van der Waals surface area contributed by atoms with Gasteiger partial charge in [-0.15, -0.1) is 0 Å². The quantitative estimate of drug-likeness (QED) is 0.453. The van der Waals surface area contributed by atoms with Gasteiger partial charge in [-0.1, -0.05) is 50.3 Å². The molecule has 4 nitrogen and oxygen atoms in total. The Labute approximate surface area is 173 Å². The molecule has 29 heavy (non-hydrogen) atoms. The Hall–Kier alpha value is -2.75. The molecule has 1 aliphatic carbocycles. The maximum absolute atomic E-state index is 13.3. The van der Waals surface area contributed by atoms with Crippen LogP contribution in [0.5, 0.6) is 11.5 Å². The fourth-order valence-electron chi connectivity index (χ4n) is 3.68. The van der Waals surface area contributed by atoms with Crippen LogP contribution in [-0.2, 0) is 0 Å². The summed E-state index contributed by atoms with van der Waals surface area (Å²) in [5.74, 6) is 2.05. The number of methoxy groups -OCH3 is 2. The Morgan fingerprint density at radius 1 is 1.10 bits per heavy atom. The van der Waals surface area contributed by atoms with E-state index in [0.29, 0.717) is 34.5 Å². The summed E-state index contributed by atoms with van der Waals surface area (Å²) in [5, 5.41) is 3.48. The molecule has 2 aromatic carbocycles. The summed E-state index contributed by atoms with van der Waals surface area (Å²) in [5.41, 5.74) is 3.26. The van der Waals surface area contributed by atoms with Crippen molar-refractivity contribution >= 4 is 11.5 Å². The van der Waals surface area contributed by atoms with Gasteiger partial charge in [0, 0.05) is 29.4 Å². The molecule has 1 atom stereocenters. The second-order valence-corrected chi connectivity index (χ2v) is 7.86. The first-order valence-corrected chi connectivity index (χ1v) is 10.3. The second-order valence-electron chi connectivity index (χ2n) is 7.86. The fourth-order valence-corrected chi connectivity index (χ4v) is 3.68. The van der Waals surface area contributed by atoms with Crippen molar-refractivity contribution in [1.29, 1.82) is 0 Å². The molecular formula is C25H31NO3. The maximum Gasteiger partial charge on any atom is 0.195 e. The second kappa shape index (κ2) is 9.64. The Bertz CT molecular complexity index is 868. The van der Waals surface area contributed by atoms with Gasteiger partial charge in [-0.2, -0.15) is 0 Å². The van der Waals surface area contributed by atoms with Crippen molar-refractivity contribution in [3.63, 3.8) is 0 Å². The zero-order valence-corrected chi connectivity index (χ0v) is 17.8. The summed E-state index contributed by atoms with van der Waals surface area (Å²) in [4.78, 5) is 13.3. The Kier molecular flexibility index (Phi) is 6.97. The number of allylic oxidation sites excluding steroid dienone is 1. The lowest BCUT2D eigenvalue weighted by molar-refractivity contribution is 0.103. The van der Waals surface area contributed by atoms with E-state index in [-0.39, 0.29) is 5.78 Å². The number of rotatable bonds is 8. The van der Waals surface area contributed by atoms with Gasteiger partial charge in [0.15, 0.2) is 17.3 Å². The van der Waals surface area contributed by atoms with E-state index in [2.05, 4.69) is 31.3 Å². The third-order valence-electron chi connectivity index (χ3n) is 5.52. The van der Waals surface area contributed by atoms with Gasteiger partial charge in [0.25, 0.3) is 0 Å². The van der Waals surface area contributed by atoms with E-state index in [9.17, 15) is 4.79 Å². The molecule has 3 rings (SSSR count). The molecule has 4 heteroatoms. The largest absolute Gasteiger partial charge is 0.493 e. The molecule has 0 aromatic heterocycles. The zero-order chi connectivity index (χ0) is 20.8. The van der Waals surface area contributed by atoms with Crippen LogP contribution >= 0.6 is 0 Å². The lowest BCUT2D eigenvalue weighted by Crippen LogP contribution is -2.16. The van der Waals surface area contributed by atoms with E-state index < -0.39 is 0 Å². The molecule has 2 aromatic rings. The number of hydrogen-bond donors (Lipinski definition) is 1. The molecular weight excluding hydrogens is 362 g/mol. The molecule has 0 bridgehead atoms. The molecule has 0 amide bonds. The van der Waals surface area contributed by atoms with Crippen LogP contribution in [0.15, 0.2) is 48.6 Å². The minimum absolute atomic E-state index is 0.0251. The summed E-state index contributed by atoms with van der Waals surface area (Å²) in [6.07, 6.45) is 8.04. The SMILES string of the molecule is COc1cc(NCC2C=CCCC2)c(C(=O)c2ccc(C(C)C)cc2)cc1OC. The molecule has 1 unspecified atom stereocenters. The first-order valence-electron chi connectivity index (χ1n) is 10.3. The molecule has 154 valence electrons. The van der Waals surface area contributed by atoms with Gasteiger partial charge in [0.1, 0.15) is 0 Å². The van der Waals surface area contributed by atoms with Crippen LogP contribution in [0.1, 0.15) is 60.5 Å². The zero-order valence-electron chi connectivity index (χ0n) is 17.8. The molecule has 0 saturated heterocycles. The highest BCUT2D eigenvalue weighted by molar-refractivity contribution is 6.12. The third-order valence-corrected chi connectivity index (χ3v) is 5.52. The predicted molar refractivity (Wildman–Crippen MR) is 118 cm³/mol. The monoisotopic (exact) mass is 393 g/mol. The summed E-state index contributed by atoms with van der Waals surface area (Å²) in [6, 6.07) is 11.5. The van der Waals surface area contributed by atoms with Crippen LogP contribution in [0.3, 0.4) is 0 Å². The lowest BCUT2D eigenvalue weighted by Gasteiger charge is -2.20. The fraction of sp³-hybridized carbons (Fsp3) is 0.400. The molecule has 0 aliphatic heterocycles. The number of nitrogens with one attached hydrogen (secondary N) is 1. The van der Waals surface area contributed by atoms with Crippen molar-refractivity contribution < 1.29 is 14.3 Å². The van der Waals surface area contributed by atoms with Gasteiger partial charge < -0.3 is 14.8 Å². The van der Waals surface area contributed by atoms with Gasteiger partial charge in [-0.05, 0) is 42.7 Å². The maximum atomic E-state index is 13.3. The number of benzene rings is 2. The van der Waals surface area contributed by atoms with Gasteiger partial charge in [-0.3, -0.25) is 4.79 Å². The van der Waals surface area contributed by atoms with Crippen LogP contribution in [0.2, 0.25) is 0 Å². The van der Waals surface area contributed by atoms with Crippen molar-refractivity contribution in [2.24, 2.45) is 5.92 Å². The number of carbonyl (C=O) groups is 1. The number of carbonyl (C=O) groups excluding carboxylic acids is 1. The minimum Gasteiger partial charge on any atom is -0.493 e. The van der Waals surface area contributed by atoms with Crippen LogP contribution < -0.4 is 14.8 Å². The van der Waals surface area contributed by atoms with Crippen molar-refractivity contribution in [2.45, 2.75) is 39.0 Å². The number of anilines is 1. The number of ether oxygens (including phenoxy) is 2. The first kappa shape index (κ1) is 21.0. The van der Waals surface area contributed by atoms with Crippen LogP contribution in [-0.4, -0.2) is 26.5 Å². The Balaban J connectivity index is 1.92. The average molecular weight is 394 g/mol. The first-order chi connectivity index (χ1) is 14.0. The van der Waals surface area contributed by atoms with E-state index in [4.69, 9.17) is 9.47 Å². The standard InChI is InChI=1S/C25H31NO3/c1-17(2)19-10-12-20(13-11-19)25(27)21-14-23(28-3)24(29-4)15-22(21)26-16-18-8-6-5-7-9-18/h6,8,10-15,17-18,26H,5,7,9,16H2,1-4H3. The predicted octanol–water partition coefficient (Wildman–Crippen LogP) is 5.83. The van der Waals surface area contributed by atoms with Crippen molar-refractivity contribution in [3.05, 3.63) is 65.2 Å². The number of hydrogen-bond acceptors (Lipinski definition) is 4. The number of ketones is 1. The van der Waals surface area contributed by atoms with Crippen LogP contribution in [0, 0.1) is 5.92 Å². The molecule has 0 radical (unpaired) electrons. The van der Waals surface area contributed by atoms with E-state index in [0.717, 1.165) is 25.1 Å². The summed E-state index contributed by atoms with van der Waals surface area (Å²) in [6.45, 7) is 5.08. The normalized spacial score (nSPS) is 16.0. The highest BCUT2D eigenvalue weighted by Crippen LogP contribution is 2.35. The molecule has 0 fully saturated rings. The molecule has 0 heterocycles. The molecule has 0 spiro atoms. The minimum atomic E-state index is -0.0251. The van der Waals surface area contributed by atoms with E-state index in [1.165, 1.54) is 12.0 Å². The van der Waals surface area contributed by atoms with Crippen molar-refractivity contribution in [3.8, 4) is 11.5 Å². The van der Waals surface area contributed by atoms with E-state index in [1.54, 1.807) is 20.3 Å². The van der Waals surface area contributed by atoms with Crippen molar-refractivity contribution in [2.75, 3.05) is 26.1 Å². The van der Waals surface area contributed by atoms with Crippen LogP contribution in [0.25, 0.3) is 0 Å². The summed E-state index contributed by atoms with van der Waals surface area (Å²) in [7, 11) is 3.20. The smallest absolute Gasteiger partial charge is 0.195 e. The highest BCUT2D eigenvalue weighted by Gasteiger charge is 2.19. The van der Waals surface area contributed by atoms with Gasteiger partial charge in [0.2, 0.25) is 0 Å². The molecule has 1 N–H and O–H groups in total. The highest BCUT2D eigenvalue weighted by atomic mass is 16.5.